The molecule has 0 bridgehead atoms. The van der Waals surface area contributed by atoms with Crippen LogP contribution in [-0.4, -0.2) is 45.3 Å². The van der Waals surface area contributed by atoms with Gasteiger partial charge in [-0.2, -0.15) is 10.2 Å². The van der Waals surface area contributed by atoms with Crippen LogP contribution < -0.4 is 43.1 Å². The Morgan fingerprint density at radius 1 is 0.604 bits per heavy atom. The largest absolute Gasteiger partial charge is 2.00 e. The molecule has 2 aromatic heterocycles. The molecule has 2 heterocycles. The van der Waals surface area contributed by atoms with E-state index < -0.39 is 23.1 Å². The summed E-state index contributed by atoms with van der Waals surface area (Å²) in [7, 11) is 3.16. The number of nitrogens with two attached hydrogens (primary N) is 4. The molecule has 4 aromatic carbocycles. The van der Waals surface area contributed by atoms with E-state index in [1.807, 2.05) is 0 Å². The van der Waals surface area contributed by atoms with Gasteiger partial charge in [-0.3, -0.25) is 33.0 Å². The number of aromatic nitrogens is 4. The number of carbonyl (C=O) groups is 2. The second kappa shape index (κ2) is 21.2. The molecule has 0 saturated carbocycles. The van der Waals surface area contributed by atoms with E-state index in [-0.39, 0.29) is 59.4 Å². The van der Waals surface area contributed by atoms with Crippen LogP contribution in [-0.2, 0) is 17.1 Å². The second-order valence-electron chi connectivity index (χ2n) is 9.93. The maximum atomic E-state index is 12.5. The monoisotopic (exact) mass is 849 g/mol. The van der Waals surface area contributed by atoms with Crippen molar-refractivity contribution in [3.63, 3.8) is 0 Å². The molecule has 0 fully saturated rings. The third-order valence-corrected chi connectivity index (χ3v) is 7.87. The molecule has 8 N–H and O–H groups in total. The molecule has 0 aliphatic heterocycles. The summed E-state index contributed by atoms with van der Waals surface area (Å²) in [6, 6.07) is 19.6. The predicted octanol–water partition coefficient (Wildman–Crippen LogP) is 4.62. The van der Waals surface area contributed by atoms with Crippen molar-refractivity contribution in [3.05, 3.63) is 140 Å². The van der Waals surface area contributed by atoms with Gasteiger partial charge in [0.15, 0.2) is 11.6 Å². The van der Waals surface area contributed by atoms with E-state index in [4.69, 9.17) is 55.9 Å². The molecule has 0 unspecified atom stereocenters. The number of hydrazine groups is 2. The zero-order valence-electron chi connectivity index (χ0n) is 27.6. The Morgan fingerprint density at radius 2 is 0.925 bits per heavy atom. The number of nitrogens with zero attached hydrogens (tertiary/aromatic N) is 4. The van der Waals surface area contributed by atoms with Crippen LogP contribution in [0.4, 0.5) is 0 Å². The van der Waals surface area contributed by atoms with Gasteiger partial charge in [-0.05, 0) is 72.8 Å². The zero-order chi connectivity index (χ0) is 38.5. The molecule has 281 valence electrons. The molecule has 14 nitrogen and oxygen atoms in total. The smallest absolute Gasteiger partial charge is 0.871 e. The Bertz CT molecular complexity index is 1980. The van der Waals surface area contributed by atoms with Crippen molar-refractivity contribution in [1.82, 2.24) is 19.6 Å². The van der Waals surface area contributed by atoms with Crippen molar-refractivity contribution in [2.24, 2.45) is 23.4 Å². The first-order chi connectivity index (χ1) is 25.0. The number of benzene rings is 4. The van der Waals surface area contributed by atoms with Gasteiger partial charge in [-0.15, -0.1) is 0 Å². The average molecular weight is 852 g/mol. The van der Waals surface area contributed by atoms with Gasteiger partial charge in [0.05, 0.1) is 49.1 Å². The molecule has 19 heteroatoms. The quantitative estimate of drug-likeness (QED) is 0.0711. The molecule has 0 aliphatic rings. The van der Waals surface area contributed by atoms with E-state index in [0.29, 0.717) is 11.5 Å². The summed E-state index contributed by atoms with van der Waals surface area (Å²) in [5.74, 6) is 15.4. The number of methoxy groups -OCH3 is 2. The fourth-order valence-corrected chi connectivity index (χ4v) is 5.39. The van der Waals surface area contributed by atoms with Crippen molar-refractivity contribution in [2.75, 3.05) is 14.2 Å². The normalized spacial score (nSPS) is 9.85. The number of hydrogen-bond acceptors (Lipinski definition) is 12. The third-order valence-electron chi connectivity index (χ3n) is 6.87. The number of rotatable bonds is 8. The zero-order valence-corrected chi connectivity index (χ0v) is 31.6. The van der Waals surface area contributed by atoms with E-state index in [2.05, 4.69) is 33.6 Å². The van der Waals surface area contributed by atoms with Gasteiger partial charge >= 0.3 is 17.1 Å². The van der Waals surface area contributed by atoms with E-state index in [9.17, 15) is 19.8 Å². The topological polar surface area (TPSA) is 238 Å². The van der Waals surface area contributed by atoms with Gasteiger partial charge in [-0.25, -0.2) is 9.36 Å². The van der Waals surface area contributed by atoms with Crippen LogP contribution in [0.2, 0.25) is 20.1 Å². The van der Waals surface area contributed by atoms with E-state index in [1.54, 1.807) is 75.1 Å². The Hall–Kier alpha value is -4.64. The van der Waals surface area contributed by atoms with Crippen LogP contribution >= 0.6 is 46.4 Å². The number of ether oxygens (including phenoxy) is 2. The van der Waals surface area contributed by atoms with Crippen LogP contribution in [0.15, 0.2) is 97.6 Å². The third kappa shape index (κ3) is 11.2. The Balaban J connectivity index is 0.000000330. The molecule has 53 heavy (non-hydrogen) atoms. The summed E-state index contributed by atoms with van der Waals surface area (Å²) >= 11 is 23.3. The van der Waals surface area contributed by atoms with Gasteiger partial charge in [0.2, 0.25) is 0 Å². The van der Waals surface area contributed by atoms with Crippen LogP contribution in [0.5, 0.6) is 23.0 Å². The van der Waals surface area contributed by atoms with Crippen LogP contribution in [0.1, 0.15) is 31.8 Å². The number of hydrogen-bond donors (Lipinski definition) is 4. The molecule has 6 aromatic rings. The molecule has 0 saturated heterocycles. The summed E-state index contributed by atoms with van der Waals surface area (Å²) in [5, 5.41) is 32.6. The van der Waals surface area contributed by atoms with Gasteiger partial charge in [0.1, 0.15) is 11.5 Å². The van der Waals surface area contributed by atoms with Gasteiger partial charge in [-0.1, -0.05) is 57.9 Å². The molecule has 0 atom stereocenters. The minimum atomic E-state index is -0.553. The Labute approximate surface area is 334 Å². The summed E-state index contributed by atoms with van der Waals surface area (Å²) in [6.45, 7) is 0. The average Bonchev–Trinajstić information content (AvgIpc) is 3.88. The van der Waals surface area contributed by atoms with Crippen molar-refractivity contribution < 1.29 is 46.3 Å². The number of carbonyl (C=O) groups excluding carboxylic acids is 2. The van der Waals surface area contributed by atoms with E-state index >= 15 is 0 Å². The van der Waals surface area contributed by atoms with Crippen LogP contribution in [0.3, 0.4) is 0 Å². The molecule has 6 rings (SSSR count). The summed E-state index contributed by atoms with van der Waals surface area (Å²) in [4.78, 5) is 25.1. The second-order valence-corrected chi connectivity index (χ2v) is 11.6. The Kier molecular flexibility index (Phi) is 17.8. The van der Waals surface area contributed by atoms with E-state index in [0.717, 1.165) is 11.4 Å². The van der Waals surface area contributed by atoms with Crippen molar-refractivity contribution in [3.8, 4) is 34.4 Å². The first-order valence-electron chi connectivity index (χ1n) is 14.5. The fraction of sp³-hybridized carbons (Fsp3) is 0.0588. The first-order valence-corrected chi connectivity index (χ1v) is 16.0. The molecular formula is C34H30Cl4CuN8O6. The standard InChI is InChI=1S/2C17H12Cl2N2O3.Cu.2H4N2/c2*1-24-13-4-2-12(3-5-13)21-9-10(8-20-21)16(22)14-6-11(18)7-15(19)17(14)23;;2*1-2/h2*2-9,23H,1H3;;2*1-2H2/q;;+2;;/p-2. The van der Waals surface area contributed by atoms with Crippen LogP contribution in [0, 0.1) is 0 Å². The maximum absolute atomic E-state index is 12.5. The van der Waals surface area contributed by atoms with Gasteiger partial charge < -0.3 is 19.7 Å². The van der Waals surface area contributed by atoms with Crippen LogP contribution in [0.25, 0.3) is 11.4 Å². The van der Waals surface area contributed by atoms with Crippen molar-refractivity contribution in [2.45, 2.75) is 0 Å². The summed E-state index contributed by atoms with van der Waals surface area (Å²) in [5.41, 5.74) is 1.87. The van der Waals surface area contributed by atoms with Gasteiger partial charge in [0.25, 0.3) is 0 Å². The van der Waals surface area contributed by atoms with Crippen molar-refractivity contribution >= 4 is 58.0 Å². The number of ketones is 2. The van der Waals surface area contributed by atoms with E-state index in [1.165, 1.54) is 46.0 Å². The SMILES string of the molecule is COc1ccc(-n2cc(C(=O)c3cc(Cl)cc(Cl)c3[O-])cn2)cc1.COc1ccc(-n2cc(C(=O)c3cc(Cl)cc(Cl)c3[O-])cn2)cc1.NN.NN.[Cu+2]. The summed E-state index contributed by atoms with van der Waals surface area (Å²) in [6.07, 6.45) is 5.86. The number of halogens is 4. The minimum Gasteiger partial charge on any atom is -0.871 e. The predicted molar refractivity (Wildman–Crippen MR) is 196 cm³/mol. The Morgan fingerprint density at radius 3 is 1.23 bits per heavy atom. The molecule has 0 spiro atoms. The molecule has 0 aliphatic carbocycles. The minimum absolute atomic E-state index is 0. The molecule has 1 radical (unpaired) electrons. The summed E-state index contributed by atoms with van der Waals surface area (Å²) < 4.78 is 13.3. The maximum Gasteiger partial charge on any atom is 2.00 e. The fourth-order valence-electron chi connectivity index (χ4n) is 4.40. The molecular weight excluding hydrogens is 822 g/mol. The molecule has 0 amide bonds. The first kappa shape index (κ1) is 44.5. The van der Waals surface area contributed by atoms with Crippen molar-refractivity contribution in [1.29, 1.82) is 0 Å². The van der Waals surface area contributed by atoms with Gasteiger partial charge in [0, 0.05) is 43.6 Å².